The second-order valence-corrected chi connectivity index (χ2v) is 5.32. The molecular weight excluding hydrogens is 290 g/mol. The summed E-state index contributed by atoms with van der Waals surface area (Å²) in [5.74, 6) is 0. The Kier molecular flexibility index (Phi) is 4.74. The Morgan fingerprint density at radius 1 is 1.41 bits per heavy atom. The van der Waals surface area contributed by atoms with E-state index in [2.05, 4.69) is 15.4 Å². The lowest BCUT2D eigenvalue weighted by atomic mass is 10.0. The number of rotatable bonds is 6. The number of halogens is 2. The highest BCUT2D eigenvalue weighted by Crippen LogP contribution is 2.28. The van der Waals surface area contributed by atoms with E-state index in [4.69, 9.17) is 4.74 Å². The summed E-state index contributed by atoms with van der Waals surface area (Å²) in [6, 6.07) is 4.07. The molecule has 7 heteroatoms. The molecule has 2 atom stereocenters. The van der Waals surface area contributed by atoms with Crippen LogP contribution in [0.3, 0.4) is 0 Å². The Labute approximate surface area is 127 Å². The molecule has 5 nitrogen and oxygen atoms in total. The van der Waals surface area contributed by atoms with Crippen molar-refractivity contribution in [2.45, 2.75) is 38.1 Å². The zero-order chi connectivity index (χ0) is 15.4. The molecule has 1 N–H and O–H groups in total. The fraction of sp³-hybridized carbons (Fsp3) is 0.467. The van der Waals surface area contributed by atoms with Gasteiger partial charge in [-0.25, -0.2) is 8.78 Å². The summed E-state index contributed by atoms with van der Waals surface area (Å²) < 4.78 is 31.6. The van der Waals surface area contributed by atoms with E-state index in [1.54, 1.807) is 18.6 Å². The van der Waals surface area contributed by atoms with Crippen LogP contribution < -0.4 is 5.32 Å². The van der Waals surface area contributed by atoms with Crippen LogP contribution in [0.1, 0.15) is 23.7 Å². The quantitative estimate of drug-likeness (QED) is 0.888. The number of nitrogens with one attached hydrogen (secondary N) is 1. The van der Waals surface area contributed by atoms with Crippen LogP contribution in [-0.4, -0.2) is 33.8 Å². The molecule has 0 radical (unpaired) electrons. The van der Waals surface area contributed by atoms with Gasteiger partial charge in [-0.3, -0.25) is 9.67 Å². The van der Waals surface area contributed by atoms with Crippen molar-refractivity contribution in [1.29, 1.82) is 0 Å². The largest absolute Gasteiger partial charge is 0.372 e. The number of hydrogen-bond donors (Lipinski definition) is 1. The molecular formula is C15H18F2N4O. The molecule has 0 aliphatic carbocycles. The molecule has 0 unspecified atom stereocenters. The van der Waals surface area contributed by atoms with Crippen LogP contribution in [0.25, 0.3) is 0 Å². The Balaban J connectivity index is 1.57. The standard InChI is InChI=1S/C15H18F2N4O/c16-14(17)10-21-9-11(7-20-21)6-19-13-3-5-22-15(13)12-2-1-4-18-8-12/h1-2,4,7-9,13-15,19H,3,5-6,10H2/t13-,15+/m0/s1. The Bertz CT molecular complexity index is 590. The van der Waals surface area contributed by atoms with Crippen molar-refractivity contribution in [1.82, 2.24) is 20.1 Å². The fourth-order valence-electron chi connectivity index (χ4n) is 2.66. The average molecular weight is 308 g/mol. The number of hydrogen-bond acceptors (Lipinski definition) is 4. The molecule has 0 saturated carbocycles. The molecule has 1 aliphatic heterocycles. The molecule has 3 rings (SSSR count). The first kappa shape index (κ1) is 15.1. The first-order valence-electron chi connectivity index (χ1n) is 7.27. The van der Waals surface area contributed by atoms with Gasteiger partial charge in [-0.2, -0.15) is 5.10 Å². The van der Waals surface area contributed by atoms with Gasteiger partial charge in [0, 0.05) is 48.9 Å². The monoisotopic (exact) mass is 308 g/mol. The topological polar surface area (TPSA) is 52.0 Å². The molecule has 0 bridgehead atoms. The van der Waals surface area contributed by atoms with Gasteiger partial charge in [0.2, 0.25) is 0 Å². The zero-order valence-corrected chi connectivity index (χ0v) is 12.0. The Morgan fingerprint density at radius 3 is 3.09 bits per heavy atom. The summed E-state index contributed by atoms with van der Waals surface area (Å²) in [7, 11) is 0. The number of alkyl halides is 2. The summed E-state index contributed by atoms with van der Waals surface area (Å²) >= 11 is 0. The maximum Gasteiger partial charge on any atom is 0.257 e. The average Bonchev–Trinajstić information content (AvgIpc) is 3.14. The SMILES string of the molecule is FC(F)Cn1cc(CN[C@H]2CCO[C@@H]2c2cccnc2)cn1. The van der Waals surface area contributed by atoms with Crippen molar-refractivity contribution in [3.8, 4) is 0 Å². The van der Waals surface area contributed by atoms with Crippen LogP contribution >= 0.6 is 0 Å². The van der Waals surface area contributed by atoms with Gasteiger partial charge in [0.15, 0.2) is 0 Å². The van der Waals surface area contributed by atoms with Gasteiger partial charge in [-0.1, -0.05) is 6.07 Å². The third-order valence-electron chi connectivity index (χ3n) is 3.68. The highest BCUT2D eigenvalue weighted by Gasteiger charge is 2.29. The van der Waals surface area contributed by atoms with Gasteiger partial charge in [0.25, 0.3) is 6.43 Å². The van der Waals surface area contributed by atoms with Crippen LogP contribution in [0, 0.1) is 0 Å². The van der Waals surface area contributed by atoms with Gasteiger partial charge >= 0.3 is 0 Å². The zero-order valence-electron chi connectivity index (χ0n) is 12.0. The molecule has 1 saturated heterocycles. The van der Waals surface area contributed by atoms with Crippen molar-refractivity contribution in [2.24, 2.45) is 0 Å². The van der Waals surface area contributed by atoms with Crippen LogP contribution in [0.5, 0.6) is 0 Å². The number of pyridine rings is 1. The van der Waals surface area contributed by atoms with E-state index in [1.165, 1.54) is 4.68 Å². The maximum absolute atomic E-state index is 12.3. The first-order chi connectivity index (χ1) is 10.7. The van der Waals surface area contributed by atoms with Crippen LogP contribution in [0.4, 0.5) is 8.78 Å². The van der Waals surface area contributed by atoms with Crippen molar-refractivity contribution >= 4 is 0 Å². The van der Waals surface area contributed by atoms with Crippen LogP contribution in [0.2, 0.25) is 0 Å². The van der Waals surface area contributed by atoms with Crippen molar-refractivity contribution in [3.05, 3.63) is 48.0 Å². The Hall–Kier alpha value is -1.86. The van der Waals surface area contributed by atoms with Crippen LogP contribution in [-0.2, 0) is 17.8 Å². The molecule has 0 aromatic carbocycles. The smallest absolute Gasteiger partial charge is 0.257 e. The highest BCUT2D eigenvalue weighted by atomic mass is 19.3. The molecule has 1 aliphatic rings. The predicted octanol–water partition coefficient (Wildman–Crippen LogP) is 2.16. The Morgan fingerprint density at radius 2 is 2.32 bits per heavy atom. The van der Waals surface area contributed by atoms with E-state index >= 15 is 0 Å². The molecule has 0 spiro atoms. The number of ether oxygens (including phenoxy) is 1. The van der Waals surface area contributed by atoms with Gasteiger partial charge in [0.1, 0.15) is 6.54 Å². The molecule has 118 valence electrons. The molecule has 2 aromatic heterocycles. The van der Waals surface area contributed by atoms with E-state index < -0.39 is 6.43 Å². The minimum Gasteiger partial charge on any atom is -0.372 e. The summed E-state index contributed by atoms with van der Waals surface area (Å²) in [5, 5.41) is 7.35. The summed E-state index contributed by atoms with van der Waals surface area (Å²) in [6.45, 7) is 0.904. The van der Waals surface area contributed by atoms with Gasteiger partial charge in [0.05, 0.1) is 12.3 Å². The maximum atomic E-state index is 12.3. The number of nitrogens with zero attached hydrogens (tertiary/aromatic N) is 3. The molecule has 0 amide bonds. The lowest BCUT2D eigenvalue weighted by molar-refractivity contribution is 0.0982. The summed E-state index contributed by atoms with van der Waals surface area (Å²) in [4.78, 5) is 4.12. The second kappa shape index (κ2) is 6.93. The summed E-state index contributed by atoms with van der Waals surface area (Å²) in [6.07, 6.45) is 5.30. The molecule has 3 heterocycles. The van der Waals surface area contributed by atoms with E-state index in [1.807, 2.05) is 18.3 Å². The van der Waals surface area contributed by atoms with Crippen molar-refractivity contribution < 1.29 is 13.5 Å². The second-order valence-electron chi connectivity index (χ2n) is 5.32. The minimum absolute atomic E-state index is 0.0233. The highest BCUT2D eigenvalue weighted by molar-refractivity contribution is 5.16. The van der Waals surface area contributed by atoms with Crippen molar-refractivity contribution in [2.75, 3.05) is 6.61 Å². The lowest BCUT2D eigenvalue weighted by Crippen LogP contribution is -2.31. The van der Waals surface area contributed by atoms with E-state index in [0.717, 1.165) is 17.5 Å². The predicted molar refractivity (Wildman–Crippen MR) is 76.4 cm³/mol. The first-order valence-corrected chi connectivity index (χ1v) is 7.27. The van der Waals surface area contributed by atoms with Crippen LogP contribution in [0.15, 0.2) is 36.9 Å². The van der Waals surface area contributed by atoms with E-state index in [-0.39, 0.29) is 18.7 Å². The van der Waals surface area contributed by atoms with Gasteiger partial charge in [-0.05, 0) is 12.5 Å². The summed E-state index contributed by atoms with van der Waals surface area (Å²) in [5.41, 5.74) is 1.93. The lowest BCUT2D eigenvalue weighted by Gasteiger charge is -2.19. The fourth-order valence-corrected chi connectivity index (χ4v) is 2.66. The molecule has 1 fully saturated rings. The molecule has 2 aromatic rings. The normalized spacial score (nSPS) is 21.6. The minimum atomic E-state index is -2.39. The molecule has 22 heavy (non-hydrogen) atoms. The number of aromatic nitrogens is 3. The van der Waals surface area contributed by atoms with Gasteiger partial charge in [-0.15, -0.1) is 0 Å². The third-order valence-corrected chi connectivity index (χ3v) is 3.68. The van der Waals surface area contributed by atoms with Crippen molar-refractivity contribution in [3.63, 3.8) is 0 Å². The van der Waals surface area contributed by atoms with E-state index in [9.17, 15) is 8.78 Å². The third kappa shape index (κ3) is 3.66. The van der Waals surface area contributed by atoms with Gasteiger partial charge < -0.3 is 10.1 Å². The van der Waals surface area contributed by atoms with E-state index in [0.29, 0.717) is 13.2 Å².